The van der Waals surface area contributed by atoms with Gasteiger partial charge in [0, 0.05) is 29.5 Å². The number of benzene rings is 1. The molecule has 0 bridgehead atoms. The second-order valence-electron chi connectivity index (χ2n) is 5.90. The molecule has 130 valence electrons. The minimum absolute atomic E-state index is 0.0448. The van der Waals surface area contributed by atoms with Gasteiger partial charge in [-0.3, -0.25) is 4.79 Å². The van der Waals surface area contributed by atoms with Crippen molar-refractivity contribution >= 4 is 39.7 Å². The predicted molar refractivity (Wildman–Crippen MR) is 102 cm³/mol. The third-order valence-corrected chi connectivity index (χ3v) is 5.09. The highest BCUT2D eigenvalue weighted by Crippen LogP contribution is 2.24. The van der Waals surface area contributed by atoms with E-state index in [9.17, 15) is 4.79 Å². The number of hydrogen-bond acceptors (Lipinski definition) is 4. The van der Waals surface area contributed by atoms with E-state index in [2.05, 4.69) is 11.1 Å². The number of pyridine rings is 1. The molecule has 3 rings (SSSR count). The SMILES string of the molecule is COCC(=O)N(Cc1cccs1)Cc1cc2cc(C)ccc2nc1Cl. The lowest BCUT2D eigenvalue weighted by atomic mass is 10.1. The Bertz CT molecular complexity index is 881. The third kappa shape index (κ3) is 4.37. The van der Waals surface area contributed by atoms with Crippen molar-refractivity contribution in [1.29, 1.82) is 0 Å². The number of rotatable bonds is 6. The van der Waals surface area contributed by atoms with Crippen molar-refractivity contribution in [3.8, 4) is 0 Å². The lowest BCUT2D eigenvalue weighted by Crippen LogP contribution is -2.32. The van der Waals surface area contributed by atoms with Gasteiger partial charge in [0.05, 0.1) is 12.1 Å². The first kappa shape index (κ1) is 17.9. The number of halogens is 1. The average molecular weight is 375 g/mol. The smallest absolute Gasteiger partial charge is 0.249 e. The Hall–Kier alpha value is -1.95. The molecule has 2 heterocycles. The molecule has 25 heavy (non-hydrogen) atoms. The highest BCUT2D eigenvalue weighted by atomic mass is 35.5. The summed E-state index contributed by atoms with van der Waals surface area (Å²) >= 11 is 8.00. The van der Waals surface area contributed by atoms with Crippen LogP contribution in [-0.4, -0.2) is 29.5 Å². The molecule has 2 aromatic heterocycles. The Morgan fingerprint density at radius 1 is 1.28 bits per heavy atom. The molecular formula is C19H19ClN2O2S. The minimum Gasteiger partial charge on any atom is -0.375 e. The molecule has 0 spiro atoms. The lowest BCUT2D eigenvalue weighted by Gasteiger charge is -2.22. The van der Waals surface area contributed by atoms with Crippen LogP contribution >= 0.6 is 22.9 Å². The molecule has 4 nitrogen and oxygen atoms in total. The van der Waals surface area contributed by atoms with E-state index in [1.165, 1.54) is 7.11 Å². The first-order valence-electron chi connectivity index (χ1n) is 7.91. The van der Waals surface area contributed by atoms with Crippen LogP contribution in [0.3, 0.4) is 0 Å². The van der Waals surface area contributed by atoms with E-state index in [1.54, 1.807) is 16.2 Å². The summed E-state index contributed by atoms with van der Waals surface area (Å²) < 4.78 is 5.02. The topological polar surface area (TPSA) is 42.4 Å². The third-order valence-electron chi connectivity index (χ3n) is 3.90. The maximum absolute atomic E-state index is 12.4. The van der Waals surface area contributed by atoms with Gasteiger partial charge in [-0.15, -0.1) is 11.3 Å². The second-order valence-corrected chi connectivity index (χ2v) is 7.29. The molecule has 3 aromatic rings. The molecule has 0 saturated heterocycles. The van der Waals surface area contributed by atoms with E-state index in [4.69, 9.17) is 16.3 Å². The molecule has 1 amide bonds. The van der Waals surface area contributed by atoms with Crippen LogP contribution in [-0.2, 0) is 22.6 Å². The zero-order chi connectivity index (χ0) is 17.8. The van der Waals surface area contributed by atoms with E-state index < -0.39 is 0 Å². The van der Waals surface area contributed by atoms with Crippen molar-refractivity contribution in [2.24, 2.45) is 0 Å². The Balaban J connectivity index is 1.90. The molecule has 0 saturated carbocycles. The maximum Gasteiger partial charge on any atom is 0.249 e. The standard InChI is InChI=1S/C19H19ClN2O2S/c1-13-5-6-17-14(8-13)9-15(19(20)21-17)10-22(18(23)12-24-2)11-16-4-3-7-25-16/h3-9H,10-12H2,1-2H3. The summed E-state index contributed by atoms with van der Waals surface area (Å²) in [6.07, 6.45) is 0. The summed E-state index contributed by atoms with van der Waals surface area (Å²) in [7, 11) is 1.52. The Morgan fingerprint density at radius 2 is 2.12 bits per heavy atom. The summed E-state index contributed by atoms with van der Waals surface area (Å²) in [5.74, 6) is -0.0729. The van der Waals surface area contributed by atoms with E-state index in [0.717, 1.165) is 26.9 Å². The molecule has 6 heteroatoms. The van der Waals surface area contributed by atoms with E-state index in [1.807, 2.05) is 42.6 Å². The van der Waals surface area contributed by atoms with Gasteiger partial charge in [-0.1, -0.05) is 29.3 Å². The van der Waals surface area contributed by atoms with Gasteiger partial charge >= 0.3 is 0 Å². The van der Waals surface area contributed by atoms with Crippen LogP contribution in [0.5, 0.6) is 0 Å². The fourth-order valence-corrected chi connectivity index (χ4v) is 3.60. The van der Waals surface area contributed by atoms with Gasteiger partial charge in [0.1, 0.15) is 11.8 Å². The normalized spacial score (nSPS) is 11.0. The van der Waals surface area contributed by atoms with Crippen LogP contribution < -0.4 is 0 Å². The quantitative estimate of drug-likeness (QED) is 0.599. The number of amides is 1. The first-order valence-corrected chi connectivity index (χ1v) is 9.17. The number of thiophene rings is 1. The monoisotopic (exact) mass is 374 g/mol. The number of nitrogens with zero attached hydrogens (tertiary/aromatic N) is 2. The van der Waals surface area contributed by atoms with Crippen LogP contribution in [0.2, 0.25) is 5.15 Å². The van der Waals surface area contributed by atoms with Crippen molar-refractivity contribution in [2.45, 2.75) is 20.0 Å². The number of aromatic nitrogens is 1. The Labute approximate surface area is 156 Å². The van der Waals surface area contributed by atoms with Crippen molar-refractivity contribution in [3.05, 3.63) is 62.9 Å². The molecule has 0 aliphatic heterocycles. The van der Waals surface area contributed by atoms with Crippen molar-refractivity contribution in [2.75, 3.05) is 13.7 Å². The Kier molecular flexibility index (Phi) is 5.68. The number of carbonyl (C=O) groups excluding carboxylic acids is 1. The van der Waals surface area contributed by atoms with Crippen molar-refractivity contribution in [1.82, 2.24) is 9.88 Å². The van der Waals surface area contributed by atoms with Crippen LogP contribution in [0.4, 0.5) is 0 Å². The highest BCUT2D eigenvalue weighted by molar-refractivity contribution is 7.09. The van der Waals surface area contributed by atoms with Gasteiger partial charge in [0.15, 0.2) is 0 Å². The second kappa shape index (κ2) is 7.95. The zero-order valence-corrected chi connectivity index (χ0v) is 15.7. The van der Waals surface area contributed by atoms with E-state index in [-0.39, 0.29) is 12.5 Å². The molecule has 0 N–H and O–H groups in total. The van der Waals surface area contributed by atoms with Gasteiger partial charge in [-0.2, -0.15) is 0 Å². The molecule has 0 radical (unpaired) electrons. The summed E-state index contributed by atoms with van der Waals surface area (Å²) in [5, 5.41) is 3.45. The van der Waals surface area contributed by atoms with Crippen molar-refractivity contribution < 1.29 is 9.53 Å². The van der Waals surface area contributed by atoms with Gasteiger partial charge in [-0.05, 0) is 36.6 Å². The van der Waals surface area contributed by atoms with Crippen LogP contribution in [0.25, 0.3) is 10.9 Å². The number of hydrogen-bond donors (Lipinski definition) is 0. The number of methoxy groups -OCH3 is 1. The highest BCUT2D eigenvalue weighted by Gasteiger charge is 2.17. The fraction of sp³-hybridized carbons (Fsp3) is 0.263. The zero-order valence-electron chi connectivity index (χ0n) is 14.2. The molecule has 1 aromatic carbocycles. The molecule has 0 unspecified atom stereocenters. The number of fused-ring (bicyclic) bond motifs is 1. The molecule has 0 fully saturated rings. The summed E-state index contributed by atoms with van der Waals surface area (Å²) in [6.45, 7) is 3.01. The maximum atomic E-state index is 12.4. The number of aryl methyl sites for hydroxylation is 1. The average Bonchev–Trinajstić information content (AvgIpc) is 3.08. The lowest BCUT2D eigenvalue weighted by molar-refractivity contribution is -0.136. The summed E-state index contributed by atoms with van der Waals surface area (Å²) in [6, 6.07) is 12.0. The van der Waals surface area contributed by atoms with Crippen LogP contribution in [0, 0.1) is 6.92 Å². The Morgan fingerprint density at radius 3 is 2.84 bits per heavy atom. The predicted octanol–water partition coefficient (Wildman–Crippen LogP) is 4.43. The van der Waals surface area contributed by atoms with Crippen LogP contribution in [0.1, 0.15) is 16.0 Å². The molecule has 0 atom stereocenters. The summed E-state index contributed by atoms with van der Waals surface area (Å²) in [5.41, 5.74) is 2.85. The van der Waals surface area contributed by atoms with Crippen LogP contribution in [0.15, 0.2) is 41.8 Å². The van der Waals surface area contributed by atoms with Gasteiger partial charge < -0.3 is 9.64 Å². The van der Waals surface area contributed by atoms with Gasteiger partial charge in [-0.25, -0.2) is 4.98 Å². The minimum atomic E-state index is -0.0729. The number of ether oxygens (including phenoxy) is 1. The molecule has 0 aliphatic rings. The summed E-state index contributed by atoms with van der Waals surface area (Å²) in [4.78, 5) is 19.8. The van der Waals surface area contributed by atoms with Gasteiger partial charge in [0.2, 0.25) is 5.91 Å². The van der Waals surface area contributed by atoms with E-state index >= 15 is 0 Å². The first-order chi connectivity index (χ1) is 12.1. The largest absolute Gasteiger partial charge is 0.375 e. The fourth-order valence-electron chi connectivity index (χ4n) is 2.67. The number of carbonyl (C=O) groups is 1. The molecular weight excluding hydrogens is 356 g/mol. The van der Waals surface area contributed by atoms with E-state index in [0.29, 0.717) is 18.2 Å². The molecule has 0 aliphatic carbocycles. The van der Waals surface area contributed by atoms with Crippen molar-refractivity contribution in [3.63, 3.8) is 0 Å². The van der Waals surface area contributed by atoms with Gasteiger partial charge in [0.25, 0.3) is 0 Å².